The van der Waals surface area contributed by atoms with Crippen molar-refractivity contribution in [3.8, 4) is 5.75 Å². The van der Waals surface area contributed by atoms with Gasteiger partial charge in [0.25, 0.3) is 0 Å². The molecule has 1 N–H and O–H groups in total. The van der Waals surface area contributed by atoms with Crippen molar-refractivity contribution in [3.05, 3.63) is 42.0 Å². The predicted octanol–water partition coefficient (Wildman–Crippen LogP) is 3.44. The van der Waals surface area contributed by atoms with E-state index in [2.05, 4.69) is 15.3 Å². The lowest BCUT2D eigenvalue weighted by Crippen LogP contribution is -1.94. The van der Waals surface area contributed by atoms with Gasteiger partial charge in [0, 0.05) is 11.8 Å². The van der Waals surface area contributed by atoms with E-state index in [1.54, 1.807) is 24.8 Å². The summed E-state index contributed by atoms with van der Waals surface area (Å²) in [6, 6.07) is 9.74. The standard InChI is InChI=1S/C13H11N3OS/c1-17-10-4-2-3-9(7-10)16-13-12-11(5-6-18-12)14-8-15-13/h2-8H,1H3,(H,14,15,16). The molecule has 0 aliphatic rings. The summed E-state index contributed by atoms with van der Waals surface area (Å²) >= 11 is 1.62. The highest BCUT2D eigenvalue weighted by Crippen LogP contribution is 2.28. The van der Waals surface area contributed by atoms with Crippen molar-refractivity contribution < 1.29 is 4.74 Å². The molecule has 0 unspecified atom stereocenters. The molecule has 0 spiro atoms. The van der Waals surface area contributed by atoms with Crippen LogP contribution >= 0.6 is 11.3 Å². The Labute approximate surface area is 108 Å². The molecule has 0 amide bonds. The molecule has 0 aliphatic heterocycles. The molecule has 3 rings (SSSR count). The van der Waals surface area contributed by atoms with Crippen molar-refractivity contribution >= 4 is 33.1 Å². The maximum absolute atomic E-state index is 5.19. The topological polar surface area (TPSA) is 47.0 Å². The van der Waals surface area contributed by atoms with E-state index in [1.165, 1.54) is 0 Å². The second kappa shape index (κ2) is 4.62. The van der Waals surface area contributed by atoms with E-state index in [0.29, 0.717) is 0 Å². The SMILES string of the molecule is COc1cccc(Nc2ncnc3ccsc23)c1. The zero-order chi connectivity index (χ0) is 12.4. The van der Waals surface area contributed by atoms with Crippen molar-refractivity contribution in [2.75, 3.05) is 12.4 Å². The van der Waals surface area contributed by atoms with E-state index in [0.717, 1.165) is 27.5 Å². The van der Waals surface area contributed by atoms with Gasteiger partial charge in [0.1, 0.15) is 12.1 Å². The monoisotopic (exact) mass is 257 g/mol. The number of nitrogens with zero attached hydrogens (tertiary/aromatic N) is 2. The predicted molar refractivity (Wildman–Crippen MR) is 73.7 cm³/mol. The molecule has 1 aromatic carbocycles. The van der Waals surface area contributed by atoms with Crippen LogP contribution in [0.15, 0.2) is 42.0 Å². The molecule has 5 heteroatoms. The molecule has 0 saturated carbocycles. The number of hydrogen-bond donors (Lipinski definition) is 1. The van der Waals surface area contributed by atoms with Gasteiger partial charge in [-0.15, -0.1) is 11.3 Å². The maximum atomic E-state index is 5.19. The molecule has 2 aromatic heterocycles. The third-order valence-electron chi connectivity index (χ3n) is 2.58. The molecule has 18 heavy (non-hydrogen) atoms. The quantitative estimate of drug-likeness (QED) is 0.780. The zero-order valence-corrected chi connectivity index (χ0v) is 10.6. The van der Waals surface area contributed by atoms with Crippen molar-refractivity contribution in [1.29, 1.82) is 0 Å². The Morgan fingerprint density at radius 3 is 3.06 bits per heavy atom. The summed E-state index contributed by atoms with van der Waals surface area (Å²) in [6.45, 7) is 0. The Morgan fingerprint density at radius 2 is 2.17 bits per heavy atom. The minimum Gasteiger partial charge on any atom is -0.497 e. The fourth-order valence-corrected chi connectivity index (χ4v) is 2.51. The van der Waals surface area contributed by atoms with E-state index >= 15 is 0 Å². The van der Waals surface area contributed by atoms with Crippen molar-refractivity contribution in [3.63, 3.8) is 0 Å². The Kier molecular flexibility index (Phi) is 2.82. The first-order valence-corrected chi connectivity index (χ1v) is 6.34. The van der Waals surface area contributed by atoms with Crippen LogP contribution in [0.4, 0.5) is 11.5 Å². The van der Waals surface area contributed by atoms with Gasteiger partial charge in [0.2, 0.25) is 0 Å². The van der Waals surface area contributed by atoms with E-state index in [9.17, 15) is 0 Å². The van der Waals surface area contributed by atoms with Gasteiger partial charge < -0.3 is 10.1 Å². The molecule has 0 bridgehead atoms. The summed E-state index contributed by atoms with van der Waals surface area (Å²) in [4.78, 5) is 8.49. The zero-order valence-electron chi connectivity index (χ0n) is 9.75. The van der Waals surface area contributed by atoms with Crippen LogP contribution in [-0.2, 0) is 0 Å². The lowest BCUT2D eigenvalue weighted by atomic mass is 10.3. The van der Waals surface area contributed by atoms with Crippen molar-refractivity contribution in [1.82, 2.24) is 9.97 Å². The van der Waals surface area contributed by atoms with Crippen LogP contribution in [-0.4, -0.2) is 17.1 Å². The summed E-state index contributed by atoms with van der Waals surface area (Å²) in [5, 5.41) is 5.30. The first kappa shape index (κ1) is 11.0. The first-order valence-electron chi connectivity index (χ1n) is 5.46. The molecule has 0 aliphatic carbocycles. The smallest absolute Gasteiger partial charge is 0.151 e. The van der Waals surface area contributed by atoms with Gasteiger partial charge >= 0.3 is 0 Å². The van der Waals surface area contributed by atoms with E-state index < -0.39 is 0 Å². The summed E-state index contributed by atoms with van der Waals surface area (Å²) in [5.41, 5.74) is 1.91. The van der Waals surface area contributed by atoms with Crippen LogP contribution in [0.1, 0.15) is 0 Å². The van der Waals surface area contributed by atoms with E-state index in [-0.39, 0.29) is 0 Å². The minimum absolute atomic E-state index is 0.816. The van der Waals surface area contributed by atoms with E-state index in [4.69, 9.17) is 4.74 Å². The van der Waals surface area contributed by atoms with Crippen LogP contribution in [0, 0.1) is 0 Å². The van der Waals surface area contributed by atoms with Gasteiger partial charge in [0.15, 0.2) is 5.82 Å². The highest BCUT2D eigenvalue weighted by molar-refractivity contribution is 7.17. The number of aromatic nitrogens is 2. The number of hydrogen-bond acceptors (Lipinski definition) is 5. The lowest BCUT2D eigenvalue weighted by Gasteiger charge is -2.07. The summed E-state index contributed by atoms with van der Waals surface area (Å²) in [5.74, 6) is 1.64. The number of anilines is 2. The minimum atomic E-state index is 0.816. The molecule has 0 fully saturated rings. The molecular weight excluding hydrogens is 246 g/mol. The number of ether oxygens (including phenoxy) is 1. The molecule has 3 aromatic rings. The molecule has 0 atom stereocenters. The maximum Gasteiger partial charge on any atom is 0.151 e. The second-order valence-corrected chi connectivity index (χ2v) is 4.63. The van der Waals surface area contributed by atoms with Crippen LogP contribution in [0.2, 0.25) is 0 Å². The van der Waals surface area contributed by atoms with Crippen LogP contribution < -0.4 is 10.1 Å². The number of methoxy groups -OCH3 is 1. The average molecular weight is 257 g/mol. The van der Waals surface area contributed by atoms with Gasteiger partial charge in [0.05, 0.1) is 17.3 Å². The molecule has 90 valence electrons. The second-order valence-electron chi connectivity index (χ2n) is 3.71. The van der Waals surface area contributed by atoms with Gasteiger partial charge in [-0.2, -0.15) is 0 Å². The summed E-state index contributed by atoms with van der Waals surface area (Å²) < 4.78 is 6.25. The molecule has 0 radical (unpaired) electrons. The third kappa shape index (κ3) is 2.00. The Balaban J connectivity index is 1.98. The van der Waals surface area contributed by atoms with Gasteiger partial charge in [-0.25, -0.2) is 9.97 Å². The number of benzene rings is 1. The lowest BCUT2D eigenvalue weighted by molar-refractivity contribution is 0.415. The summed E-state index contributed by atoms with van der Waals surface area (Å²) in [7, 11) is 1.65. The van der Waals surface area contributed by atoms with E-state index in [1.807, 2.05) is 35.7 Å². The fourth-order valence-electron chi connectivity index (χ4n) is 1.72. The third-order valence-corrected chi connectivity index (χ3v) is 3.49. The van der Waals surface area contributed by atoms with Crippen LogP contribution in [0.25, 0.3) is 10.2 Å². The Bertz CT molecular complexity index is 681. The van der Waals surface area contributed by atoms with Crippen LogP contribution in [0.3, 0.4) is 0 Å². The number of thiophene rings is 1. The van der Waals surface area contributed by atoms with Crippen LogP contribution in [0.5, 0.6) is 5.75 Å². The average Bonchev–Trinajstić information content (AvgIpc) is 2.88. The molecule has 0 saturated heterocycles. The summed E-state index contributed by atoms with van der Waals surface area (Å²) in [6.07, 6.45) is 1.57. The molecular formula is C13H11N3OS. The van der Waals surface area contributed by atoms with Gasteiger partial charge in [-0.05, 0) is 23.6 Å². The van der Waals surface area contributed by atoms with Crippen molar-refractivity contribution in [2.45, 2.75) is 0 Å². The Morgan fingerprint density at radius 1 is 1.22 bits per heavy atom. The first-order chi connectivity index (χ1) is 8.86. The fraction of sp³-hybridized carbons (Fsp3) is 0.0769. The highest BCUT2D eigenvalue weighted by Gasteiger charge is 2.05. The van der Waals surface area contributed by atoms with Crippen molar-refractivity contribution in [2.24, 2.45) is 0 Å². The van der Waals surface area contributed by atoms with Gasteiger partial charge in [-0.3, -0.25) is 0 Å². The number of fused-ring (bicyclic) bond motifs is 1. The number of rotatable bonds is 3. The molecule has 4 nitrogen and oxygen atoms in total. The van der Waals surface area contributed by atoms with Gasteiger partial charge in [-0.1, -0.05) is 6.07 Å². The largest absolute Gasteiger partial charge is 0.497 e. The highest BCUT2D eigenvalue weighted by atomic mass is 32.1. The Hall–Kier alpha value is -2.14. The number of nitrogens with one attached hydrogen (secondary N) is 1. The normalized spacial score (nSPS) is 10.5. The molecule has 2 heterocycles.